The number of carbonyl (C=O) groups is 1. The molecule has 0 spiro atoms. The van der Waals surface area contributed by atoms with E-state index in [2.05, 4.69) is 21.0 Å². The van der Waals surface area contributed by atoms with E-state index < -0.39 is 0 Å². The summed E-state index contributed by atoms with van der Waals surface area (Å²) >= 11 is 3.38. The quantitative estimate of drug-likeness (QED) is 0.810. The van der Waals surface area contributed by atoms with Gasteiger partial charge in [-0.1, -0.05) is 37.3 Å². The molecule has 1 unspecified atom stereocenters. The Bertz CT molecular complexity index is 529. The fourth-order valence-corrected chi connectivity index (χ4v) is 2.65. The Hall–Kier alpha value is -1.42. The molecular weight excluding hydrogens is 292 g/mol. The van der Waals surface area contributed by atoms with Gasteiger partial charge in [-0.3, -0.25) is 9.48 Å². The molecule has 0 amide bonds. The third-order valence-electron chi connectivity index (χ3n) is 3.05. The Morgan fingerprint density at radius 2 is 2.06 bits per heavy atom. The van der Waals surface area contributed by atoms with Crippen molar-refractivity contribution in [2.75, 3.05) is 0 Å². The van der Waals surface area contributed by atoms with E-state index in [9.17, 15) is 4.79 Å². The van der Waals surface area contributed by atoms with Crippen LogP contribution in [0.5, 0.6) is 0 Å². The Morgan fingerprint density at radius 1 is 1.39 bits per heavy atom. The number of benzene rings is 1. The monoisotopic (exact) mass is 306 g/mol. The molecule has 3 nitrogen and oxygen atoms in total. The van der Waals surface area contributed by atoms with E-state index in [1.807, 2.05) is 37.3 Å². The Balaban J connectivity index is 2.38. The molecule has 0 N–H and O–H groups in total. The minimum Gasteiger partial charge on any atom is -0.292 e. The number of Topliss-reactive ketones (excluding diaryl/α,β-unsaturated/α-hetero) is 1. The van der Waals surface area contributed by atoms with Gasteiger partial charge in [0.15, 0.2) is 5.78 Å². The largest absolute Gasteiger partial charge is 0.292 e. The summed E-state index contributed by atoms with van der Waals surface area (Å²) in [5.41, 5.74) is 1.68. The molecule has 1 atom stereocenters. The third kappa shape index (κ3) is 2.38. The van der Waals surface area contributed by atoms with Crippen LogP contribution >= 0.6 is 15.9 Å². The van der Waals surface area contributed by atoms with Crippen molar-refractivity contribution in [2.45, 2.75) is 19.3 Å². The van der Waals surface area contributed by atoms with Crippen LogP contribution in [-0.2, 0) is 7.05 Å². The number of hydrogen-bond acceptors (Lipinski definition) is 2. The first kappa shape index (κ1) is 13.0. The van der Waals surface area contributed by atoms with Crippen LogP contribution in [0.4, 0.5) is 0 Å². The molecule has 1 heterocycles. The van der Waals surface area contributed by atoms with Crippen molar-refractivity contribution >= 4 is 21.7 Å². The topological polar surface area (TPSA) is 34.9 Å². The number of hydrogen-bond donors (Lipinski definition) is 0. The van der Waals surface area contributed by atoms with Crippen LogP contribution in [0.2, 0.25) is 0 Å². The van der Waals surface area contributed by atoms with Crippen molar-refractivity contribution in [1.29, 1.82) is 0 Å². The van der Waals surface area contributed by atoms with Crippen LogP contribution in [0.3, 0.4) is 0 Å². The zero-order valence-corrected chi connectivity index (χ0v) is 12.0. The summed E-state index contributed by atoms with van der Waals surface area (Å²) in [6.45, 7) is 2.03. The Labute approximate surface area is 115 Å². The van der Waals surface area contributed by atoms with Crippen molar-refractivity contribution < 1.29 is 4.79 Å². The van der Waals surface area contributed by atoms with Crippen LogP contribution in [0, 0.1) is 0 Å². The average Bonchev–Trinajstić information content (AvgIpc) is 2.71. The van der Waals surface area contributed by atoms with E-state index in [0.29, 0.717) is 5.69 Å². The van der Waals surface area contributed by atoms with E-state index in [-0.39, 0.29) is 11.7 Å². The zero-order valence-electron chi connectivity index (χ0n) is 10.4. The molecule has 1 aromatic carbocycles. The second kappa shape index (κ2) is 5.48. The molecule has 0 aliphatic heterocycles. The van der Waals surface area contributed by atoms with E-state index in [1.54, 1.807) is 17.9 Å². The number of aryl methyl sites for hydroxylation is 1. The summed E-state index contributed by atoms with van der Waals surface area (Å²) in [4.78, 5) is 12.6. The van der Waals surface area contributed by atoms with Crippen molar-refractivity contribution in [3.63, 3.8) is 0 Å². The predicted molar refractivity (Wildman–Crippen MR) is 74.7 cm³/mol. The fraction of sp³-hybridized carbons (Fsp3) is 0.286. The molecule has 2 aromatic rings. The van der Waals surface area contributed by atoms with E-state index in [1.165, 1.54) is 0 Å². The van der Waals surface area contributed by atoms with Crippen LogP contribution in [0.25, 0.3) is 0 Å². The molecule has 2 rings (SSSR count). The lowest BCUT2D eigenvalue weighted by atomic mass is 9.91. The van der Waals surface area contributed by atoms with Crippen LogP contribution in [0.15, 0.2) is 41.0 Å². The van der Waals surface area contributed by atoms with Gasteiger partial charge in [0.25, 0.3) is 0 Å². The van der Waals surface area contributed by atoms with Gasteiger partial charge >= 0.3 is 0 Å². The van der Waals surface area contributed by atoms with E-state index in [0.717, 1.165) is 16.5 Å². The lowest BCUT2D eigenvalue weighted by Crippen LogP contribution is -2.16. The molecule has 0 bridgehead atoms. The van der Waals surface area contributed by atoms with E-state index >= 15 is 0 Å². The first-order valence-electron chi connectivity index (χ1n) is 5.91. The standard InChI is InChI=1S/C14H15BrN2O/c1-3-11(10-7-5-4-6-8-10)14(18)13-12(15)9-16-17(13)2/h4-9,11H,3H2,1-2H3. The second-order valence-corrected chi connectivity index (χ2v) is 5.05. The zero-order chi connectivity index (χ0) is 13.1. The predicted octanol–water partition coefficient (Wildman–Crippen LogP) is 3.56. The molecular formula is C14H15BrN2O. The molecule has 0 saturated carbocycles. The fourth-order valence-electron chi connectivity index (χ4n) is 2.11. The van der Waals surface area contributed by atoms with Gasteiger partial charge < -0.3 is 0 Å². The summed E-state index contributed by atoms with van der Waals surface area (Å²) < 4.78 is 2.38. The number of aromatic nitrogens is 2. The number of rotatable bonds is 4. The molecule has 0 aliphatic carbocycles. The van der Waals surface area contributed by atoms with Gasteiger partial charge in [-0.2, -0.15) is 5.10 Å². The first-order valence-corrected chi connectivity index (χ1v) is 6.71. The number of nitrogens with zero attached hydrogens (tertiary/aromatic N) is 2. The second-order valence-electron chi connectivity index (χ2n) is 4.20. The maximum absolute atomic E-state index is 12.6. The van der Waals surface area contributed by atoms with Gasteiger partial charge in [0.2, 0.25) is 0 Å². The molecule has 0 fully saturated rings. The van der Waals surface area contributed by atoms with Gasteiger partial charge in [0, 0.05) is 13.0 Å². The smallest absolute Gasteiger partial charge is 0.189 e. The van der Waals surface area contributed by atoms with Gasteiger partial charge in [-0.15, -0.1) is 0 Å². The number of ketones is 1. The van der Waals surface area contributed by atoms with Crippen molar-refractivity contribution in [3.05, 3.63) is 52.3 Å². The average molecular weight is 307 g/mol. The number of halogens is 1. The first-order chi connectivity index (χ1) is 8.65. The maximum Gasteiger partial charge on any atom is 0.189 e. The van der Waals surface area contributed by atoms with Gasteiger partial charge in [-0.25, -0.2) is 0 Å². The van der Waals surface area contributed by atoms with Gasteiger partial charge in [-0.05, 0) is 27.9 Å². The third-order valence-corrected chi connectivity index (χ3v) is 3.63. The minimum atomic E-state index is -0.113. The van der Waals surface area contributed by atoms with Gasteiger partial charge in [0.05, 0.1) is 10.7 Å². The lowest BCUT2D eigenvalue weighted by molar-refractivity contribution is 0.0947. The van der Waals surface area contributed by atoms with Gasteiger partial charge in [0.1, 0.15) is 5.69 Å². The highest BCUT2D eigenvalue weighted by molar-refractivity contribution is 9.10. The molecule has 18 heavy (non-hydrogen) atoms. The lowest BCUT2D eigenvalue weighted by Gasteiger charge is -2.14. The minimum absolute atomic E-state index is 0.107. The highest BCUT2D eigenvalue weighted by Gasteiger charge is 2.24. The van der Waals surface area contributed by atoms with Crippen LogP contribution in [0.1, 0.15) is 35.3 Å². The summed E-state index contributed by atoms with van der Waals surface area (Å²) in [5, 5.41) is 4.10. The summed E-state index contributed by atoms with van der Waals surface area (Å²) in [6, 6.07) is 9.88. The Morgan fingerprint density at radius 3 is 2.56 bits per heavy atom. The molecule has 0 radical (unpaired) electrons. The van der Waals surface area contributed by atoms with Crippen molar-refractivity contribution in [1.82, 2.24) is 9.78 Å². The van der Waals surface area contributed by atoms with Crippen molar-refractivity contribution in [3.8, 4) is 0 Å². The number of carbonyl (C=O) groups excluding carboxylic acids is 1. The molecule has 4 heteroatoms. The van der Waals surface area contributed by atoms with Crippen molar-refractivity contribution in [2.24, 2.45) is 7.05 Å². The molecule has 0 aliphatic rings. The molecule has 1 aromatic heterocycles. The summed E-state index contributed by atoms with van der Waals surface area (Å²) in [6.07, 6.45) is 2.44. The highest BCUT2D eigenvalue weighted by atomic mass is 79.9. The molecule has 94 valence electrons. The van der Waals surface area contributed by atoms with Crippen LogP contribution in [-0.4, -0.2) is 15.6 Å². The van der Waals surface area contributed by atoms with Crippen LogP contribution < -0.4 is 0 Å². The van der Waals surface area contributed by atoms with E-state index in [4.69, 9.17) is 0 Å². The summed E-state index contributed by atoms with van der Waals surface area (Å²) in [5.74, 6) is -0.00604. The SMILES string of the molecule is CCC(C(=O)c1c(Br)cnn1C)c1ccccc1. The molecule has 0 saturated heterocycles. The highest BCUT2D eigenvalue weighted by Crippen LogP contribution is 2.27. The summed E-state index contributed by atoms with van der Waals surface area (Å²) in [7, 11) is 1.79. The Kier molecular flexibility index (Phi) is 3.97. The normalized spacial score (nSPS) is 12.4. The maximum atomic E-state index is 12.6.